The molecule has 0 radical (unpaired) electrons. The van der Waals surface area contributed by atoms with Crippen LogP contribution in [0.15, 0.2) is 0 Å². The van der Waals surface area contributed by atoms with Crippen molar-refractivity contribution in [2.45, 2.75) is 77.9 Å². The smallest absolute Gasteiger partial charge is 0.311 e. The monoisotopic (exact) mass is 340 g/mol. The molecule has 0 aromatic carbocycles. The van der Waals surface area contributed by atoms with E-state index < -0.39 is 22.6 Å². The van der Waals surface area contributed by atoms with Crippen LogP contribution in [-0.4, -0.2) is 35.7 Å². The normalized spacial score (nSPS) is 32.2. The molecule has 3 rings (SSSR count). The third kappa shape index (κ3) is 3.42. The summed E-state index contributed by atoms with van der Waals surface area (Å²) >= 11 is 0. The fraction of sp³-hybridized carbons (Fsp3) is 0.833. The molecular formula is C18H28O6. The molecule has 0 aromatic heterocycles. The van der Waals surface area contributed by atoms with Gasteiger partial charge in [-0.25, -0.2) is 0 Å². The van der Waals surface area contributed by atoms with Crippen LogP contribution in [0, 0.1) is 11.3 Å². The minimum absolute atomic E-state index is 0.00287. The van der Waals surface area contributed by atoms with Gasteiger partial charge in [0.05, 0.1) is 17.8 Å². The zero-order valence-corrected chi connectivity index (χ0v) is 15.3. The predicted octanol–water partition coefficient (Wildman–Crippen LogP) is 2.77. The third-order valence-electron chi connectivity index (χ3n) is 5.70. The average Bonchev–Trinajstić information content (AvgIpc) is 2.48. The Morgan fingerprint density at radius 1 is 1.33 bits per heavy atom. The van der Waals surface area contributed by atoms with Crippen LogP contribution < -0.4 is 0 Å². The van der Waals surface area contributed by atoms with Crippen LogP contribution in [0.2, 0.25) is 0 Å². The molecule has 24 heavy (non-hydrogen) atoms. The summed E-state index contributed by atoms with van der Waals surface area (Å²) in [6, 6.07) is 0. The van der Waals surface area contributed by atoms with Gasteiger partial charge in [0, 0.05) is 6.42 Å². The van der Waals surface area contributed by atoms with Gasteiger partial charge in [0.1, 0.15) is 17.8 Å². The highest BCUT2D eigenvalue weighted by Crippen LogP contribution is 2.50. The van der Waals surface area contributed by atoms with Gasteiger partial charge < -0.3 is 14.2 Å². The van der Waals surface area contributed by atoms with Gasteiger partial charge in [-0.15, -0.1) is 0 Å². The number of hydrogen-bond acceptors (Lipinski definition) is 6. The van der Waals surface area contributed by atoms with Crippen LogP contribution in [0.5, 0.6) is 0 Å². The highest BCUT2D eigenvalue weighted by Gasteiger charge is 2.60. The first-order valence-electron chi connectivity index (χ1n) is 8.65. The van der Waals surface area contributed by atoms with Gasteiger partial charge >= 0.3 is 17.9 Å². The summed E-state index contributed by atoms with van der Waals surface area (Å²) in [4.78, 5) is 35.8. The maximum Gasteiger partial charge on any atom is 0.311 e. The number of carbonyl (C=O) groups is 3. The molecule has 2 saturated heterocycles. The van der Waals surface area contributed by atoms with E-state index in [9.17, 15) is 14.4 Å². The highest BCUT2D eigenvalue weighted by molar-refractivity contribution is 5.77. The van der Waals surface area contributed by atoms with Gasteiger partial charge in [-0.1, -0.05) is 6.92 Å². The number of esters is 3. The van der Waals surface area contributed by atoms with Crippen molar-refractivity contribution in [2.24, 2.45) is 11.3 Å². The lowest BCUT2D eigenvalue weighted by Gasteiger charge is -2.54. The molecule has 2 aliphatic heterocycles. The first kappa shape index (κ1) is 18.7. The fourth-order valence-corrected chi connectivity index (χ4v) is 3.19. The number of rotatable bonds is 6. The van der Waals surface area contributed by atoms with Gasteiger partial charge in [0.25, 0.3) is 0 Å². The first-order valence-corrected chi connectivity index (χ1v) is 8.65. The summed E-state index contributed by atoms with van der Waals surface area (Å²) < 4.78 is 16.3. The number of fused-ring (bicyclic) bond motifs is 3. The number of ether oxygens (including phenoxy) is 3. The van der Waals surface area contributed by atoms with E-state index in [1.807, 2.05) is 34.6 Å². The van der Waals surface area contributed by atoms with Gasteiger partial charge in [0.15, 0.2) is 0 Å². The van der Waals surface area contributed by atoms with Crippen molar-refractivity contribution < 1.29 is 28.6 Å². The van der Waals surface area contributed by atoms with Crippen LogP contribution in [0.1, 0.15) is 66.7 Å². The quantitative estimate of drug-likeness (QED) is 0.546. The number of carbonyl (C=O) groups excluding carboxylic acids is 3. The van der Waals surface area contributed by atoms with E-state index >= 15 is 0 Å². The summed E-state index contributed by atoms with van der Waals surface area (Å²) in [7, 11) is 0. The van der Waals surface area contributed by atoms with E-state index in [1.165, 1.54) is 0 Å². The highest BCUT2D eigenvalue weighted by atomic mass is 16.6. The molecule has 3 aliphatic rings. The van der Waals surface area contributed by atoms with Crippen LogP contribution in [0.25, 0.3) is 0 Å². The lowest BCUT2D eigenvalue weighted by atomic mass is 9.66. The van der Waals surface area contributed by atoms with Crippen LogP contribution in [0.3, 0.4) is 0 Å². The molecule has 2 bridgehead atoms. The maximum atomic E-state index is 12.2. The van der Waals surface area contributed by atoms with Crippen molar-refractivity contribution in [3.63, 3.8) is 0 Å². The maximum absolute atomic E-state index is 12.2. The van der Waals surface area contributed by atoms with E-state index in [4.69, 9.17) is 14.2 Å². The summed E-state index contributed by atoms with van der Waals surface area (Å²) in [6.07, 6.45) is 2.60. The molecule has 3 fully saturated rings. The molecule has 1 aliphatic carbocycles. The Kier molecular flexibility index (Phi) is 4.98. The van der Waals surface area contributed by atoms with Crippen molar-refractivity contribution in [3.8, 4) is 0 Å². The molecule has 0 N–H and O–H groups in total. The Hall–Kier alpha value is -1.59. The van der Waals surface area contributed by atoms with Crippen LogP contribution in [0.4, 0.5) is 0 Å². The summed E-state index contributed by atoms with van der Waals surface area (Å²) in [5, 5.41) is 0. The van der Waals surface area contributed by atoms with Gasteiger partial charge in [-0.2, -0.15) is 0 Å². The van der Waals surface area contributed by atoms with Crippen molar-refractivity contribution in [1.29, 1.82) is 0 Å². The molecule has 3 atom stereocenters. The third-order valence-corrected chi connectivity index (χ3v) is 5.70. The van der Waals surface area contributed by atoms with Crippen molar-refractivity contribution in [2.75, 3.05) is 6.61 Å². The largest absolute Gasteiger partial charge is 0.465 e. The average molecular weight is 340 g/mol. The van der Waals surface area contributed by atoms with Gasteiger partial charge in [0.2, 0.25) is 0 Å². The second-order valence-electron chi connectivity index (χ2n) is 7.92. The van der Waals surface area contributed by atoms with E-state index in [1.54, 1.807) is 0 Å². The molecule has 0 spiro atoms. The minimum atomic E-state index is -0.826. The zero-order chi connectivity index (χ0) is 18.2. The Bertz CT molecular complexity index is 540. The Morgan fingerprint density at radius 3 is 2.54 bits per heavy atom. The lowest BCUT2D eigenvalue weighted by Crippen LogP contribution is -2.64. The standard InChI is InChI=1S/C18H28O6/c1-6-16(2,3)15(21)22-10-8-13(19)23-18(5)11-12-7-9-17(18,4)24-14(12)20/h12H,6-11H2,1-5H3. The van der Waals surface area contributed by atoms with Gasteiger partial charge in [-0.05, 0) is 47.0 Å². The molecule has 0 aromatic rings. The topological polar surface area (TPSA) is 78.9 Å². The Morgan fingerprint density at radius 2 is 2.00 bits per heavy atom. The fourth-order valence-electron chi connectivity index (χ4n) is 3.19. The second-order valence-corrected chi connectivity index (χ2v) is 7.92. The van der Waals surface area contributed by atoms with Crippen LogP contribution in [-0.2, 0) is 28.6 Å². The summed E-state index contributed by atoms with van der Waals surface area (Å²) in [5.74, 6) is -1.16. The second kappa shape index (κ2) is 6.37. The van der Waals surface area contributed by atoms with E-state index in [-0.39, 0.29) is 30.9 Å². The van der Waals surface area contributed by atoms with Crippen molar-refractivity contribution >= 4 is 17.9 Å². The van der Waals surface area contributed by atoms with Gasteiger partial charge in [-0.3, -0.25) is 14.4 Å². The predicted molar refractivity (Wildman–Crippen MR) is 86.0 cm³/mol. The molecule has 1 saturated carbocycles. The molecular weight excluding hydrogens is 312 g/mol. The van der Waals surface area contributed by atoms with Crippen LogP contribution >= 0.6 is 0 Å². The van der Waals surface area contributed by atoms with Crippen molar-refractivity contribution in [3.05, 3.63) is 0 Å². The molecule has 2 heterocycles. The summed E-state index contributed by atoms with van der Waals surface area (Å²) in [5.41, 5.74) is -2.16. The van der Waals surface area contributed by atoms with E-state index in [0.717, 1.165) is 6.42 Å². The van der Waals surface area contributed by atoms with E-state index in [0.29, 0.717) is 19.3 Å². The zero-order valence-electron chi connectivity index (χ0n) is 15.3. The Balaban J connectivity index is 1.87. The van der Waals surface area contributed by atoms with E-state index in [2.05, 4.69) is 0 Å². The molecule has 3 unspecified atom stereocenters. The minimum Gasteiger partial charge on any atom is -0.465 e. The number of hydrogen-bond donors (Lipinski definition) is 0. The SMILES string of the molecule is CCC(C)(C)C(=O)OCCC(=O)OC1(C)CC2CCC1(C)OC2=O. The molecule has 6 nitrogen and oxygen atoms in total. The summed E-state index contributed by atoms with van der Waals surface area (Å²) in [6.45, 7) is 9.16. The molecule has 136 valence electrons. The first-order chi connectivity index (χ1) is 11.0. The molecule has 0 amide bonds. The van der Waals surface area contributed by atoms with Crippen molar-refractivity contribution in [1.82, 2.24) is 0 Å². The molecule has 6 heteroatoms. The lowest BCUT2D eigenvalue weighted by molar-refractivity contribution is -0.247. The Labute approximate surface area is 143 Å².